The third kappa shape index (κ3) is 2.66. The van der Waals surface area contributed by atoms with Crippen LogP contribution in [-0.2, 0) is 0 Å². The maximum atomic E-state index is 13.5. The van der Waals surface area contributed by atoms with Crippen LogP contribution in [0.25, 0.3) is 11.0 Å². The fourth-order valence-electron chi connectivity index (χ4n) is 1.84. The van der Waals surface area contributed by atoms with Crippen molar-refractivity contribution in [2.45, 2.75) is 0 Å². The molecule has 0 unspecified atom stereocenters. The van der Waals surface area contributed by atoms with Crippen molar-refractivity contribution >= 4 is 54.3 Å². The molecule has 0 spiro atoms. The van der Waals surface area contributed by atoms with Crippen LogP contribution in [0.3, 0.4) is 0 Å². The Bertz CT molecular complexity index is 792. The molecule has 3 rings (SSSR count). The smallest absolute Gasteiger partial charge is 0.139 e. The molecule has 0 atom stereocenters. The van der Waals surface area contributed by atoms with Gasteiger partial charge in [-0.05, 0) is 62.2 Å². The van der Waals surface area contributed by atoms with E-state index in [0.29, 0.717) is 10.2 Å². The van der Waals surface area contributed by atoms with Crippen molar-refractivity contribution in [1.29, 1.82) is 0 Å². The first kappa shape index (κ1) is 13.5. The van der Waals surface area contributed by atoms with Crippen molar-refractivity contribution < 1.29 is 4.39 Å². The Balaban J connectivity index is 2.04. The van der Waals surface area contributed by atoms with Gasteiger partial charge in [0.1, 0.15) is 11.3 Å². The summed E-state index contributed by atoms with van der Waals surface area (Å²) in [6.45, 7) is 0. The lowest BCUT2D eigenvalue weighted by Gasteiger charge is -2.09. The van der Waals surface area contributed by atoms with E-state index in [1.165, 1.54) is 6.07 Å². The van der Waals surface area contributed by atoms with Crippen molar-refractivity contribution in [2.75, 3.05) is 5.32 Å². The molecule has 2 heterocycles. The Morgan fingerprint density at radius 1 is 1.05 bits per heavy atom. The Kier molecular flexibility index (Phi) is 3.67. The zero-order valence-electron chi connectivity index (χ0n) is 10.1. The van der Waals surface area contributed by atoms with Crippen LogP contribution in [0.5, 0.6) is 0 Å². The SMILES string of the molecule is Fc1cc(Nc2ccnc3cc(Br)cnc23)ccc1Br. The minimum Gasteiger partial charge on any atom is -0.354 e. The monoisotopic (exact) mass is 395 g/mol. The molecule has 0 aliphatic rings. The zero-order chi connectivity index (χ0) is 14.1. The van der Waals surface area contributed by atoms with Crippen molar-refractivity contribution in [3.63, 3.8) is 0 Å². The molecule has 0 bridgehead atoms. The van der Waals surface area contributed by atoms with Crippen molar-refractivity contribution in [1.82, 2.24) is 9.97 Å². The number of pyridine rings is 2. The van der Waals surface area contributed by atoms with Gasteiger partial charge in [0.25, 0.3) is 0 Å². The second kappa shape index (κ2) is 5.46. The first-order valence-corrected chi connectivity index (χ1v) is 7.34. The molecule has 1 aromatic carbocycles. The maximum absolute atomic E-state index is 13.5. The number of hydrogen-bond donors (Lipinski definition) is 1. The Hall–Kier alpha value is -1.53. The summed E-state index contributed by atoms with van der Waals surface area (Å²) in [4.78, 5) is 8.60. The maximum Gasteiger partial charge on any atom is 0.139 e. The molecule has 0 radical (unpaired) electrons. The van der Waals surface area contributed by atoms with E-state index in [1.54, 1.807) is 24.5 Å². The highest BCUT2D eigenvalue weighted by molar-refractivity contribution is 9.10. The highest BCUT2D eigenvalue weighted by atomic mass is 79.9. The van der Waals surface area contributed by atoms with Gasteiger partial charge < -0.3 is 5.32 Å². The number of aromatic nitrogens is 2. The minimum absolute atomic E-state index is 0.316. The molecule has 0 saturated carbocycles. The van der Waals surface area contributed by atoms with Gasteiger partial charge in [0.2, 0.25) is 0 Å². The summed E-state index contributed by atoms with van der Waals surface area (Å²) >= 11 is 6.50. The fraction of sp³-hybridized carbons (Fsp3) is 0. The van der Waals surface area contributed by atoms with Crippen LogP contribution in [-0.4, -0.2) is 9.97 Å². The van der Waals surface area contributed by atoms with Gasteiger partial charge in [0.15, 0.2) is 0 Å². The number of anilines is 2. The molecule has 0 aliphatic heterocycles. The summed E-state index contributed by atoms with van der Waals surface area (Å²) < 4.78 is 14.8. The van der Waals surface area contributed by atoms with Gasteiger partial charge in [0, 0.05) is 22.6 Å². The molecule has 20 heavy (non-hydrogen) atoms. The van der Waals surface area contributed by atoms with E-state index in [1.807, 2.05) is 12.1 Å². The van der Waals surface area contributed by atoms with Crippen LogP contribution in [0, 0.1) is 5.82 Å². The molecule has 0 saturated heterocycles. The number of nitrogens with zero attached hydrogens (tertiary/aromatic N) is 2. The summed E-state index contributed by atoms with van der Waals surface area (Å²) in [6, 6.07) is 8.57. The molecule has 0 aliphatic carbocycles. The summed E-state index contributed by atoms with van der Waals surface area (Å²) in [6.07, 6.45) is 3.39. The number of halogens is 3. The summed E-state index contributed by atoms with van der Waals surface area (Å²) in [5.74, 6) is -0.316. The normalized spacial score (nSPS) is 10.8. The minimum atomic E-state index is -0.316. The predicted octanol–water partition coefficient (Wildman–Crippen LogP) is 5.04. The zero-order valence-corrected chi connectivity index (χ0v) is 13.2. The number of nitrogens with one attached hydrogen (secondary N) is 1. The van der Waals surface area contributed by atoms with Crippen LogP contribution in [0.2, 0.25) is 0 Å². The Labute approximate surface area is 131 Å². The first-order chi connectivity index (χ1) is 9.63. The van der Waals surface area contributed by atoms with Crippen molar-refractivity contribution in [2.24, 2.45) is 0 Å². The second-order valence-electron chi connectivity index (χ2n) is 4.13. The van der Waals surface area contributed by atoms with Crippen LogP contribution in [0.15, 0.2) is 51.7 Å². The summed E-state index contributed by atoms with van der Waals surface area (Å²) in [5, 5.41) is 3.16. The van der Waals surface area contributed by atoms with Crippen LogP contribution in [0.1, 0.15) is 0 Å². The molecule has 3 aromatic rings. The largest absolute Gasteiger partial charge is 0.354 e. The van der Waals surface area contributed by atoms with E-state index in [0.717, 1.165) is 21.2 Å². The van der Waals surface area contributed by atoms with E-state index in [9.17, 15) is 4.39 Å². The van der Waals surface area contributed by atoms with Gasteiger partial charge in [-0.3, -0.25) is 9.97 Å². The fourth-order valence-corrected chi connectivity index (χ4v) is 2.40. The summed E-state index contributed by atoms with van der Waals surface area (Å²) in [7, 11) is 0. The van der Waals surface area contributed by atoms with Gasteiger partial charge >= 0.3 is 0 Å². The Morgan fingerprint density at radius 3 is 2.70 bits per heavy atom. The molecular formula is C14H8Br2FN3. The topological polar surface area (TPSA) is 37.8 Å². The molecule has 0 fully saturated rings. The average Bonchev–Trinajstić information content (AvgIpc) is 2.43. The van der Waals surface area contributed by atoms with Gasteiger partial charge in [-0.25, -0.2) is 4.39 Å². The van der Waals surface area contributed by atoms with Crippen LogP contribution < -0.4 is 5.32 Å². The van der Waals surface area contributed by atoms with E-state index < -0.39 is 0 Å². The molecule has 2 aromatic heterocycles. The number of rotatable bonds is 2. The lowest BCUT2D eigenvalue weighted by Crippen LogP contribution is -1.95. The number of hydrogen-bond acceptors (Lipinski definition) is 3. The number of benzene rings is 1. The van der Waals surface area contributed by atoms with E-state index in [-0.39, 0.29) is 5.82 Å². The third-order valence-electron chi connectivity index (χ3n) is 2.74. The number of fused-ring (bicyclic) bond motifs is 1. The average molecular weight is 397 g/mol. The quantitative estimate of drug-likeness (QED) is 0.659. The molecule has 0 amide bonds. The van der Waals surface area contributed by atoms with Gasteiger partial charge in [-0.15, -0.1) is 0 Å². The third-order valence-corrected chi connectivity index (χ3v) is 3.82. The molecule has 6 heteroatoms. The first-order valence-electron chi connectivity index (χ1n) is 5.76. The van der Waals surface area contributed by atoms with Gasteiger partial charge in [-0.1, -0.05) is 0 Å². The second-order valence-corrected chi connectivity index (χ2v) is 5.90. The molecular weight excluding hydrogens is 389 g/mol. The lowest BCUT2D eigenvalue weighted by molar-refractivity contribution is 0.622. The van der Waals surface area contributed by atoms with Gasteiger partial charge in [0.05, 0.1) is 15.7 Å². The highest BCUT2D eigenvalue weighted by Gasteiger charge is 2.06. The Morgan fingerprint density at radius 2 is 1.90 bits per heavy atom. The molecule has 100 valence electrons. The van der Waals surface area contributed by atoms with Crippen molar-refractivity contribution in [3.05, 3.63) is 57.5 Å². The lowest BCUT2D eigenvalue weighted by atomic mass is 10.2. The van der Waals surface area contributed by atoms with Crippen LogP contribution in [0.4, 0.5) is 15.8 Å². The van der Waals surface area contributed by atoms with Gasteiger partial charge in [-0.2, -0.15) is 0 Å². The van der Waals surface area contributed by atoms with Crippen LogP contribution >= 0.6 is 31.9 Å². The van der Waals surface area contributed by atoms with Crippen molar-refractivity contribution in [3.8, 4) is 0 Å². The standard InChI is InChI=1S/C14H8Br2FN3/c15-8-5-13-14(19-7-8)12(3-4-18-13)20-9-1-2-10(16)11(17)6-9/h1-7H,(H,18,20). The highest BCUT2D eigenvalue weighted by Crippen LogP contribution is 2.27. The van der Waals surface area contributed by atoms with E-state index in [4.69, 9.17) is 0 Å². The van der Waals surface area contributed by atoms with E-state index >= 15 is 0 Å². The molecule has 3 nitrogen and oxygen atoms in total. The predicted molar refractivity (Wildman–Crippen MR) is 84.6 cm³/mol. The summed E-state index contributed by atoms with van der Waals surface area (Å²) in [5.41, 5.74) is 2.94. The molecule has 1 N–H and O–H groups in total. The van der Waals surface area contributed by atoms with E-state index in [2.05, 4.69) is 47.1 Å².